The van der Waals surface area contributed by atoms with Crippen LogP contribution >= 0.6 is 0 Å². The van der Waals surface area contributed by atoms with Gasteiger partial charge in [-0.1, -0.05) is 147 Å². The van der Waals surface area contributed by atoms with Crippen molar-refractivity contribution >= 4 is 0 Å². The summed E-state index contributed by atoms with van der Waals surface area (Å²) in [5.41, 5.74) is 23.7. The summed E-state index contributed by atoms with van der Waals surface area (Å²) in [6.45, 7) is 21.7. The second kappa shape index (κ2) is 27.4. The molecule has 0 aliphatic heterocycles. The zero-order chi connectivity index (χ0) is 47.5. The Labute approximate surface area is 459 Å². The summed E-state index contributed by atoms with van der Waals surface area (Å²) in [7, 11) is 0. The van der Waals surface area contributed by atoms with Gasteiger partial charge in [-0.15, -0.1) is 106 Å². The molecule has 0 bridgehead atoms. The molecule has 0 amide bonds. The van der Waals surface area contributed by atoms with Crippen LogP contribution in [-0.2, 0) is 66.7 Å². The number of aromatic nitrogens is 3. The Kier molecular flexibility index (Phi) is 22.4. The maximum atomic E-state index is 4.66. The van der Waals surface area contributed by atoms with Gasteiger partial charge in [-0.25, -0.2) is 0 Å². The second-order valence-corrected chi connectivity index (χ2v) is 18.1. The molecule has 0 aliphatic rings. The molecule has 0 unspecified atom stereocenters. The van der Waals surface area contributed by atoms with Crippen molar-refractivity contribution in [2.45, 2.75) is 87.5 Å². The fourth-order valence-electron chi connectivity index (χ4n) is 8.16. The van der Waals surface area contributed by atoms with Crippen molar-refractivity contribution in [3.05, 3.63) is 233 Å². The summed E-state index contributed by atoms with van der Waals surface area (Å²) < 4.78 is 0. The summed E-state index contributed by atoms with van der Waals surface area (Å²) in [4.78, 5) is 13.6. The molecule has 3 heterocycles. The third kappa shape index (κ3) is 15.4. The van der Waals surface area contributed by atoms with Crippen LogP contribution in [0.2, 0.25) is 0 Å². The van der Waals surface area contributed by atoms with E-state index in [0.717, 1.165) is 45.9 Å². The molecule has 9 aromatic rings. The molecule has 3 nitrogen and oxygen atoms in total. The van der Waals surface area contributed by atoms with Crippen molar-refractivity contribution in [3.63, 3.8) is 0 Å². The van der Waals surface area contributed by atoms with E-state index < -0.39 is 0 Å². The number of rotatable bonds is 9. The van der Waals surface area contributed by atoms with Gasteiger partial charge in [0.05, 0.1) is 0 Å². The van der Waals surface area contributed by atoms with E-state index >= 15 is 0 Å². The largest absolute Gasteiger partial charge is 0.305 e. The van der Waals surface area contributed by atoms with Gasteiger partial charge in [-0.2, -0.15) is 0 Å². The average molecular weight is 1450 g/mol. The molecule has 70 heavy (non-hydrogen) atoms. The van der Waals surface area contributed by atoms with Crippen LogP contribution in [0.25, 0.3) is 67.2 Å². The standard InChI is InChI=1S/C23H24N.C21H20N.C20H18N.3Ir/c1-16(2)20-13-21(17(3)4)15-22(14-20)18-8-7-9-19(12-18)23-10-5-6-11-24-23;1-14-10-15(2)12-20(11-14)18-6-5-7-19(13-18)21-17(4)16(3)8-9-22-21;1-3-16-12-15(2)21-20(13-16)19-11-7-10-18(14-19)17-8-5-4-6-9-17;;;/h5-8,10-17H,1-4H3;5-6,8-13H,1-4H3;4-10,12-14H,3H2,1-2H3;;;/q3*-1;;;. The van der Waals surface area contributed by atoms with Crippen molar-refractivity contribution in [2.75, 3.05) is 0 Å². The summed E-state index contributed by atoms with van der Waals surface area (Å²) in [6.07, 6.45) is 4.72. The van der Waals surface area contributed by atoms with Gasteiger partial charge in [0, 0.05) is 78.4 Å². The smallest absolute Gasteiger partial charge is 0.0268 e. The third-order valence-corrected chi connectivity index (χ3v) is 12.1. The average Bonchev–Trinajstić information content (AvgIpc) is 3.35. The van der Waals surface area contributed by atoms with E-state index in [1.165, 1.54) is 72.3 Å². The van der Waals surface area contributed by atoms with Crippen LogP contribution in [0.1, 0.15) is 91.1 Å². The Morgan fingerprint density at radius 2 is 0.971 bits per heavy atom. The fraction of sp³-hybridized carbons (Fsp3) is 0.203. The van der Waals surface area contributed by atoms with Crippen LogP contribution in [0.15, 0.2) is 170 Å². The molecule has 0 saturated carbocycles. The Balaban J connectivity index is 0.000000224. The number of hydrogen-bond acceptors (Lipinski definition) is 3. The maximum absolute atomic E-state index is 4.66. The predicted molar refractivity (Wildman–Crippen MR) is 283 cm³/mol. The number of nitrogens with zero attached hydrogens (tertiary/aromatic N) is 3. The maximum Gasteiger partial charge on any atom is 0.0268 e. The van der Waals surface area contributed by atoms with E-state index in [1.807, 2.05) is 67.8 Å². The topological polar surface area (TPSA) is 38.7 Å². The van der Waals surface area contributed by atoms with Crippen molar-refractivity contribution in [3.8, 4) is 67.2 Å². The normalized spacial score (nSPS) is 10.4. The Bertz CT molecular complexity index is 3030. The molecule has 0 aliphatic carbocycles. The minimum Gasteiger partial charge on any atom is -0.305 e. The van der Waals surface area contributed by atoms with E-state index in [4.69, 9.17) is 0 Å². The second-order valence-electron chi connectivity index (χ2n) is 18.1. The number of pyridine rings is 3. The van der Waals surface area contributed by atoms with Crippen molar-refractivity contribution < 1.29 is 60.3 Å². The molecule has 0 saturated heterocycles. The molecule has 9 rings (SSSR count). The van der Waals surface area contributed by atoms with Crippen molar-refractivity contribution in [2.24, 2.45) is 0 Å². The molecule has 3 radical (unpaired) electrons. The molecule has 0 N–H and O–H groups in total. The van der Waals surface area contributed by atoms with Crippen molar-refractivity contribution in [1.82, 2.24) is 15.0 Å². The molecule has 0 atom stereocenters. The van der Waals surface area contributed by atoms with E-state index in [9.17, 15) is 0 Å². The van der Waals surface area contributed by atoms with Crippen LogP contribution in [0.4, 0.5) is 0 Å². The minimum atomic E-state index is 0. The molecule has 0 fully saturated rings. The van der Waals surface area contributed by atoms with Crippen LogP contribution in [0.3, 0.4) is 0 Å². The molecule has 6 aromatic carbocycles. The molecular formula is C64H62Ir3N3-3. The van der Waals surface area contributed by atoms with E-state index in [1.54, 1.807) is 0 Å². The van der Waals surface area contributed by atoms with Gasteiger partial charge in [-0.05, 0) is 116 Å². The van der Waals surface area contributed by atoms with Gasteiger partial charge >= 0.3 is 0 Å². The van der Waals surface area contributed by atoms with Gasteiger partial charge in [0.15, 0.2) is 0 Å². The number of aryl methyl sites for hydroxylation is 5. The summed E-state index contributed by atoms with van der Waals surface area (Å²) in [5, 5.41) is 0. The number of hydrogen-bond donors (Lipinski definition) is 0. The van der Waals surface area contributed by atoms with Gasteiger partial charge in [0.25, 0.3) is 0 Å². The Hall–Kier alpha value is -5.28. The van der Waals surface area contributed by atoms with Crippen molar-refractivity contribution in [1.29, 1.82) is 0 Å². The van der Waals surface area contributed by atoms with Gasteiger partial charge in [0.1, 0.15) is 0 Å². The molecule has 3 aromatic heterocycles. The number of benzene rings is 6. The van der Waals surface area contributed by atoms with E-state index in [0.29, 0.717) is 11.8 Å². The monoisotopic (exact) mass is 1450 g/mol. The van der Waals surface area contributed by atoms with Crippen LogP contribution in [0, 0.1) is 52.8 Å². The van der Waals surface area contributed by atoms with Crippen LogP contribution in [-0.4, -0.2) is 15.0 Å². The summed E-state index contributed by atoms with van der Waals surface area (Å²) in [5.74, 6) is 1.04. The minimum absolute atomic E-state index is 0. The zero-order valence-electron chi connectivity index (χ0n) is 41.9. The molecule has 6 heteroatoms. The van der Waals surface area contributed by atoms with Gasteiger partial charge in [-0.3, -0.25) is 0 Å². The fourth-order valence-corrected chi connectivity index (χ4v) is 8.16. The van der Waals surface area contributed by atoms with E-state index in [-0.39, 0.29) is 60.3 Å². The van der Waals surface area contributed by atoms with Gasteiger partial charge < -0.3 is 15.0 Å². The first-order valence-electron chi connectivity index (χ1n) is 23.5. The van der Waals surface area contributed by atoms with Crippen LogP contribution < -0.4 is 0 Å². The molecule has 0 spiro atoms. The first-order valence-corrected chi connectivity index (χ1v) is 23.5. The summed E-state index contributed by atoms with van der Waals surface area (Å²) in [6, 6.07) is 65.1. The predicted octanol–water partition coefficient (Wildman–Crippen LogP) is 17.0. The molecule has 363 valence electrons. The summed E-state index contributed by atoms with van der Waals surface area (Å²) >= 11 is 0. The first kappa shape index (κ1) is 57.3. The van der Waals surface area contributed by atoms with E-state index in [2.05, 4.69) is 205 Å². The van der Waals surface area contributed by atoms with Gasteiger partial charge in [0.2, 0.25) is 0 Å². The Morgan fingerprint density at radius 1 is 0.443 bits per heavy atom. The SMILES string of the molecule is CC(C)c1cc(-c2cc[c-]c(-c3ccccn3)c2)cc(C(C)C)c1.CCc1cc(C)nc(-c2[c-]ccc(-c3ccccc3)c2)c1.Cc1cc(C)cc(-c2cc[c-]c(-c3nccc(C)c3C)c2)c1.[Ir].[Ir].[Ir]. The quantitative estimate of drug-likeness (QED) is 0.135. The van der Waals surface area contributed by atoms with Crippen LogP contribution in [0.5, 0.6) is 0 Å². The Morgan fingerprint density at radius 3 is 1.53 bits per heavy atom. The third-order valence-electron chi connectivity index (χ3n) is 12.1. The molecular weight excluding hydrogens is 1390 g/mol. The zero-order valence-corrected chi connectivity index (χ0v) is 49.1. The first-order chi connectivity index (χ1) is 32.3.